The molecular weight excluding hydrogens is 392 g/mol. The van der Waals surface area contributed by atoms with Gasteiger partial charge in [0.1, 0.15) is 0 Å². The van der Waals surface area contributed by atoms with Crippen LogP contribution in [-0.4, -0.2) is 23.5 Å². The highest BCUT2D eigenvalue weighted by atomic mass is 32.1. The molecule has 3 aromatic carbocycles. The molecule has 1 aromatic heterocycles. The SMILES string of the molecule is N[C@H](CNc1ncc(-c2ccc3c(c2)CC(=O)N3)s1)Cc1ccc2ccccc2c1. The summed E-state index contributed by atoms with van der Waals surface area (Å²) in [6, 6.07) is 20.9. The van der Waals surface area contributed by atoms with Gasteiger partial charge < -0.3 is 16.4 Å². The molecule has 0 aliphatic carbocycles. The maximum Gasteiger partial charge on any atom is 0.228 e. The van der Waals surface area contributed by atoms with Crippen LogP contribution in [-0.2, 0) is 17.6 Å². The van der Waals surface area contributed by atoms with E-state index in [9.17, 15) is 4.79 Å². The average molecular weight is 415 g/mol. The fraction of sp³-hybridized carbons (Fsp3) is 0.167. The highest BCUT2D eigenvalue weighted by Gasteiger charge is 2.18. The smallest absolute Gasteiger partial charge is 0.228 e. The Morgan fingerprint density at radius 1 is 1.10 bits per heavy atom. The monoisotopic (exact) mass is 414 g/mol. The number of nitrogens with two attached hydrogens (primary N) is 1. The van der Waals surface area contributed by atoms with Crippen LogP contribution in [0.15, 0.2) is 66.9 Å². The predicted molar refractivity (Wildman–Crippen MR) is 124 cm³/mol. The van der Waals surface area contributed by atoms with Crippen LogP contribution < -0.4 is 16.4 Å². The van der Waals surface area contributed by atoms with Crippen molar-refractivity contribution in [1.29, 1.82) is 0 Å². The highest BCUT2D eigenvalue weighted by molar-refractivity contribution is 7.18. The molecule has 5 nitrogen and oxygen atoms in total. The topological polar surface area (TPSA) is 80.0 Å². The second-order valence-electron chi connectivity index (χ2n) is 7.65. The molecule has 0 saturated carbocycles. The molecule has 2 heterocycles. The number of hydrogen-bond acceptors (Lipinski definition) is 5. The normalized spacial score (nSPS) is 13.8. The van der Waals surface area contributed by atoms with Crippen molar-refractivity contribution in [3.8, 4) is 10.4 Å². The summed E-state index contributed by atoms with van der Waals surface area (Å²) < 4.78 is 0. The lowest BCUT2D eigenvalue weighted by Gasteiger charge is -2.13. The molecule has 5 rings (SSSR count). The standard InChI is InChI=1S/C24H22N4OS/c25-20(10-15-5-6-16-3-1-2-4-17(16)9-15)13-26-24-27-14-22(30-24)18-7-8-21-19(11-18)12-23(29)28-21/h1-9,11,14,20H,10,12-13,25H2,(H,26,27)(H,28,29)/t20-/m0/s1. The van der Waals surface area contributed by atoms with E-state index in [4.69, 9.17) is 5.73 Å². The van der Waals surface area contributed by atoms with Crippen molar-refractivity contribution in [1.82, 2.24) is 4.98 Å². The molecule has 4 N–H and O–H groups in total. The van der Waals surface area contributed by atoms with Crippen LogP contribution in [0.2, 0.25) is 0 Å². The van der Waals surface area contributed by atoms with Crippen LogP contribution in [0, 0.1) is 0 Å². The largest absolute Gasteiger partial charge is 0.360 e. The summed E-state index contributed by atoms with van der Waals surface area (Å²) in [5.74, 6) is 0.0502. The van der Waals surface area contributed by atoms with Crippen LogP contribution in [0.1, 0.15) is 11.1 Å². The van der Waals surface area contributed by atoms with E-state index in [0.717, 1.165) is 33.2 Å². The Morgan fingerprint density at radius 2 is 1.97 bits per heavy atom. The third-order valence-corrected chi connectivity index (χ3v) is 6.35. The second kappa shape index (κ2) is 7.89. The van der Waals surface area contributed by atoms with E-state index in [1.165, 1.54) is 16.3 Å². The number of benzene rings is 3. The molecule has 150 valence electrons. The molecule has 6 heteroatoms. The van der Waals surface area contributed by atoms with Gasteiger partial charge in [-0.2, -0.15) is 0 Å². The number of carbonyl (C=O) groups is 1. The van der Waals surface area contributed by atoms with E-state index < -0.39 is 0 Å². The van der Waals surface area contributed by atoms with Crippen molar-refractivity contribution in [2.45, 2.75) is 18.9 Å². The minimum Gasteiger partial charge on any atom is -0.360 e. The maximum atomic E-state index is 11.6. The minimum atomic E-state index is -0.00408. The number of amides is 1. The van der Waals surface area contributed by atoms with Crippen molar-refractivity contribution in [3.63, 3.8) is 0 Å². The van der Waals surface area contributed by atoms with Crippen molar-refractivity contribution in [3.05, 3.63) is 78.0 Å². The number of carbonyl (C=O) groups excluding carboxylic acids is 1. The van der Waals surface area contributed by atoms with Gasteiger partial charge in [-0.05, 0) is 46.0 Å². The zero-order chi connectivity index (χ0) is 20.5. The first-order valence-corrected chi connectivity index (χ1v) is 10.8. The second-order valence-corrected chi connectivity index (χ2v) is 8.68. The highest BCUT2D eigenvalue weighted by Crippen LogP contribution is 2.33. The van der Waals surface area contributed by atoms with Gasteiger partial charge in [-0.3, -0.25) is 4.79 Å². The Balaban J connectivity index is 1.21. The van der Waals surface area contributed by atoms with Gasteiger partial charge in [-0.25, -0.2) is 4.98 Å². The van der Waals surface area contributed by atoms with Gasteiger partial charge >= 0.3 is 0 Å². The molecule has 0 fully saturated rings. The third-order valence-electron chi connectivity index (χ3n) is 5.35. The summed E-state index contributed by atoms with van der Waals surface area (Å²) in [5.41, 5.74) is 10.6. The Hall–Kier alpha value is -3.22. The van der Waals surface area contributed by atoms with Gasteiger partial charge in [0.05, 0.1) is 11.3 Å². The van der Waals surface area contributed by atoms with E-state index in [0.29, 0.717) is 13.0 Å². The first-order valence-electron chi connectivity index (χ1n) is 10.0. The van der Waals surface area contributed by atoms with E-state index in [1.54, 1.807) is 11.3 Å². The van der Waals surface area contributed by atoms with E-state index >= 15 is 0 Å². The lowest BCUT2D eigenvalue weighted by molar-refractivity contribution is -0.115. The maximum absolute atomic E-state index is 11.6. The van der Waals surface area contributed by atoms with Crippen LogP contribution in [0.4, 0.5) is 10.8 Å². The van der Waals surface area contributed by atoms with Crippen LogP contribution in [0.25, 0.3) is 21.2 Å². The van der Waals surface area contributed by atoms with Crippen LogP contribution in [0.3, 0.4) is 0 Å². The number of fused-ring (bicyclic) bond motifs is 2. The van der Waals surface area contributed by atoms with Crippen molar-refractivity contribution in [2.24, 2.45) is 5.73 Å². The Morgan fingerprint density at radius 3 is 2.87 bits per heavy atom. The van der Waals surface area contributed by atoms with E-state index in [2.05, 4.69) is 64.1 Å². The first kappa shape index (κ1) is 18.8. The molecule has 0 spiro atoms. The number of nitrogens with one attached hydrogen (secondary N) is 2. The van der Waals surface area contributed by atoms with Gasteiger partial charge in [0.15, 0.2) is 5.13 Å². The van der Waals surface area contributed by atoms with Crippen molar-refractivity contribution in [2.75, 3.05) is 17.2 Å². The zero-order valence-corrected chi connectivity index (χ0v) is 17.2. The summed E-state index contributed by atoms with van der Waals surface area (Å²) >= 11 is 1.60. The molecule has 1 aliphatic rings. The Kier molecular flexibility index (Phi) is 4.94. The number of aromatic nitrogens is 1. The fourth-order valence-corrected chi connectivity index (χ4v) is 4.65. The fourth-order valence-electron chi connectivity index (χ4n) is 3.83. The molecule has 0 saturated heterocycles. The van der Waals surface area contributed by atoms with E-state index in [-0.39, 0.29) is 11.9 Å². The molecule has 1 aliphatic heterocycles. The number of hydrogen-bond donors (Lipinski definition) is 3. The molecule has 1 amide bonds. The van der Waals surface area contributed by atoms with Gasteiger partial charge in [-0.1, -0.05) is 59.9 Å². The minimum absolute atomic E-state index is 0.00408. The molecule has 0 bridgehead atoms. The lowest BCUT2D eigenvalue weighted by Crippen LogP contribution is -2.31. The Labute approximate surface area is 179 Å². The lowest BCUT2D eigenvalue weighted by atomic mass is 10.0. The number of nitrogens with zero attached hydrogens (tertiary/aromatic N) is 1. The van der Waals surface area contributed by atoms with Crippen LogP contribution in [0.5, 0.6) is 0 Å². The summed E-state index contributed by atoms with van der Waals surface area (Å²) in [4.78, 5) is 17.1. The average Bonchev–Trinajstić information content (AvgIpc) is 3.37. The number of rotatable bonds is 6. The van der Waals surface area contributed by atoms with Gasteiger partial charge in [-0.15, -0.1) is 0 Å². The first-order chi connectivity index (χ1) is 14.6. The molecule has 0 unspecified atom stereocenters. The van der Waals surface area contributed by atoms with E-state index in [1.807, 2.05) is 18.3 Å². The third kappa shape index (κ3) is 3.92. The molecule has 4 aromatic rings. The Bertz CT molecular complexity index is 1230. The van der Waals surface area contributed by atoms with Gasteiger partial charge in [0, 0.05) is 24.5 Å². The van der Waals surface area contributed by atoms with Crippen molar-refractivity contribution >= 4 is 38.8 Å². The number of thiazole rings is 1. The summed E-state index contributed by atoms with van der Waals surface area (Å²) in [6.07, 6.45) is 3.12. The predicted octanol–water partition coefficient (Wildman–Crippen LogP) is 4.44. The van der Waals surface area contributed by atoms with Crippen LogP contribution >= 0.6 is 11.3 Å². The molecule has 30 heavy (non-hydrogen) atoms. The summed E-state index contributed by atoms with van der Waals surface area (Å²) in [5, 5.41) is 9.58. The van der Waals surface area contributed by atoms with Gasteiger partial charge in [0.2, 0.25) is 5.91 Å². The van der Waals surface area contributed by atoms with Gasteiger partial charge in [0.25, 0.3) is 0 Å². The molecular formula is C24H22N4OS. The van der Waals surface area contributed by atoms with Crippen molar-refractivity contribution < 1.29 is 4.79 Å². The quantitative estimate of drug-likeness (QED) is 0.436. The zero-order valence-electron chi connectivity index (χ0n) is 16.4. The summed E-state index contributed by atoms with van der Waals surface area (Å²) in [7, 11) is 0. The molecule has 0 radical (unpaired) electrons. The molecule has 1 atom stereocenters. The number of anilines is 2. The summed E-state index contributed by atoms with van der Waals surface area (Å²) in [6.45, 7) is 0.655.